The summed E-state index contributed by atoms with van der Waals surface area (Å²) in [5.41, 5.74) is 1.04. The van der Waals surface area contributed by atoms with Crippen molar-refractivity contribution in [1.82, 2.24) is 20.3 Å². The molecule has 2 N–H and O–H groups in total. The van der Waals surface area contributed by atoms with E-state index in [2.05, 4.69) is 36.4 Å². The van der Waals surface area contributed by atoms with Gasteiger partial charge in [-0.3, -0.25) is 4.79 Å². The monoisotopic (exact) mass is 280 g/mol. The number of nitrogens with zero attached hydrogens (tertiary/aromatic N) is 3. The molecule has 1 saturated carbocycles. The van der Waals surface area contributed by atoms with Gasteiger partial charge >= 0.3 is 0 Å². The number of nitrogens with one attached hydrogen (secondary N) is 1. The molecule has 0 radical (unpaired) electrons. The van der Waals surface area contributed by atoms with Crippen LogP contribution in [0, 0.1) is 5.41 Å². The lowest BCUT2D eigenvalue weighted by Gasteiger charge is -2.25. The Bertz CT molecular complexity index is 460. The van der Waals surface area contributed by atoms with Crippen molar-refractivity contribution in [3.8, 4) is 0 Å². The van der Waals surface area contributed by atoms with Gasteiger partial charge in [-0.25, -0.2) is 4.68 Å². The van der Waals surface area contributed by atoms with Gasteiger partial charge in [0, 0.05) is 12.1 Å². The third kappa shape index (κ3) is 4.59. The van der Waals surface area contributed by atoms with Crippen molar-refractivity contribution in [2.75, 3.05) is 6.61 Å². The van der Waals surface area contributed by atoms with Crippen LogP contribution in [0.4, 0.5) is 0 Å². The zero-order valence-electron chi connectivity index (χ0n) is 12.5. The van der Waals surface area contributed by atoms with E-state index in [1.54, 1.807) is 4.68 Å². The first-order chi connectivity index (χ1) is 9.37. The van der Waals surface area contributed by atoms with Crippen LogP contribution in [0.15, 0.2) is 6.20 Å². The molecule has 0 aliphatic heterocycles. The van der Waals surface area contributed by atoms with Gasteiger partial charge in [0.1, 0.15) is 6.54 Å². The molecule has 1 aromatic heterocycles. The second-order valence-corrected chi connectivity index (χ2v) is 6.83. The molecule has 0 saturated heterocycles. The number of amides is 1. The third-order valence-electron chi connectivity index (χ3n) is 3.30. The van der Waals surface area contributed by atoms with Crippen LogP contribution in [0.3, 0.4) is 0 Å². The van der Waals surface area contributed by atoms with Gasteiger partial charge in [-0.15, -0.1) is 5.10 Å². The average molecular weight is 280 g/mol. The molecule has 20 heavy (non-hydrogen) atoms. The van der Waals surface area contributed by atoms with E-state index in [4.69, 9.17) is 0 Å². The molecule has 1 fully saturated rings. The van der Waals surface area contributed by atoms with E-state index in [-0.39, 0.29) is 30.5 Å². The highest BCUT2D eigenvalue weighted by molar-refractivity contribution is 5.75. The third-order valence-corrected chi connectivity index (χ3v) is 3.30. The maximum atomic E-state index is 12.0. The van der Waals surface area contributed by atoms with E-state index in [1.165, 1.54) is 12.8 Å². The van der Waals surface area contributed by atoms with Crippen LogP contribution >= 0.6 is 0 Å². The van der Waals surface area contributed by atoms with Crippen molar-refractivity contribution in [3.63, 3.8) is 0 Å². The van der Waals surface area contributed by atoms with E-state index in [0.29, 0.717) is 5.92 Å². The first-order valence-corrected chi connectivity index (χ1v) is 7.17. The Morgan fingerprint density at radius 1 is 1.55 bits per heavy atom. The van der Waals surface area contributed by atoms with Crippen LogP contribution in [-0.4, -0.2) is 38.7 Å². The normalized spacial score (nSPS) is 17.0. The van der Waals surface area contributed by atoms with Crippen LogP contribution in [0.25, 0.3) is 0 Å². The smallest absolute Gasteiger partial charge is 0.242 e. The number of rotatable bonds is 6. The Hall–Kier alpha value is -1.43. The Morgan fingerprint density at radius 2 is 2.25 bits per heavy atom. The first-order valence-electron chi connectivity index (χ1n) is 7.17. The molecule has 0 bridgehead atoms. The molecular formula is C14H24N4O2. The fraction of sp³-hybridized carbons (Fsp3) is 0.786. The van der Waals surface area contributed by atoms with Crippen LogP contribution in [0.5, 0.6) is 0 Å². The average Bonchev–Trinajstić information content (AvgIpc) is 3.08. The van der Waals surface area contributed by atoms with Crippen molar-refractivity contribution < 1.29 is 9.90 Å². The molecule has 1 aliphatic rings. The summed E-state index contributed by atoms with van der Waals surface area (Å²) in [6.45, 7) is 6.36. The highest BCUT2D eigenvalue weighted by Gasteiger charge is 2.27. The Morgan fingerprint density at radius 3 is 2.80 bits per heavy atom. The fourth-order valence-electron chi connectivity index (χ4n) is 2.28. The molecule has 6 nitrogen and oxygen atoms in total. The summed E-state index contributed by atoms with van der Waals surface area (Å²) in [5, 5.41) is 20.2. The van der Waals surface area contributed by atoms with Crippen molar-refractivity contribution >= 4 is 5.91 Å². The SMILES string of the molecule is CC(C)(C)CC(CO)NC(=O)Cn1cc(C2CC2)nn1. The minimum Gasteiger partial charge on any atom is -0.394 e. The van der Waals surface area contributed by atoms with Crippen LogP contribution in [-0.2, 0) is 11.3 Å². The maximum Gasteiger partial charge on any atom is 0.242 e. The van der Waals surface area contributed by atoms with Crippen LogP contribution in [0.2, 0.25) is 0 Å². The predicted octanol–water partition coefficient (Wildman–Crippen LogP) is 1.07. The van der Waals surface area contributed by atoms with Gasteiger partial charge in [-0.1, -0.05) is 26.0 Å². The molecule has 1 amide bonds. The summed E-state index contributed by atoms with van der Waals surface area (Å²) < 4.78 is 1.56. The van der Waals surface area contributed by atoms with Gasteiger partial charge in [0.25, 0.3) is 0 Å². The second kappa shape index (κ2) is 5.91. The maximum absolute atomic E-state index is 12.0. The van der Waals surface area contributed by atoms with Gasteiger partial charge in [0.2, 0.25) is 5.91 Å². The molecule has 2 rings (SSSR count). The number of hydrogen-bond acceptors (Lipinski definition) is 4. The number of carbonyl (C=O) groups excluding carboxylic acids is 1. The Labute approximate surface area is 119 Å². The van der Waals surface area contributed by atoms with E-state index >= 15 is 0 Å². The van der Waals surface area contributed by atoms with Crippen molar-refractivity contribution in [3.05, 3.63) is 11.9 Å². The zero-order chi connectivity index (χ0) is 14.8. The summed E-state index contributed by atoms with van der Waals surface area (Å²) in [5.74, 6) is 0.401. The lowest BCUT2D eigenvalue weighted by molar-refractivity contribution is -0.123. The molecule has 1 unspecified atom stereocenters. The zero-order valence-corrected chi connectivity index (χ0v) is 12.5. The highest BCUT2D eigenvalue weighted by Crippen LogP contribution is 2.38. The van der Waals surface area contributed by atoms with E-state index in [1.807, 2.05) is 6.20 Å². The Balaban J connectivity index is 1.83. The predicted molar refractivity (Wildman–Crippen MR) is 75.1 cm³/mol. The van der Waals surface area contributed by atoms with Crippen LogP contribution < -0.4 is 5.32 Å². The highest BCUT2D eigenvalue weighted by atomic mass is 16.3. The number of carbonyl (C=O) groups is 1. The first kappa shape index (κ1) is 15.0. The lowest BCUT2D eigenvalue weighted by atomic mass is 9.88. The minimum absolute atomic E-state index is 0.0479. The topological polar surface area (TPSA) is 80.0 Å². The number of aromatic nitrogens is 3. The Kier molecular flexibility index (Phi) is 4.42. The summed E-state index contributed by atoms with van der Waals surface area (Å²) in [6, 6.07) is -0.214. The van der Waals surface area contributed by atoms with Gasteiger partial charge < -0.3 is 10.4 Å². The molecule has 1 heterocycles. The summed E-state index contributed by atoms with van der Waals surface area (Å²) in [7, 11) is 0. The van der Waals surface area contributed by atoms with E-state index < -0.39 is 0 Å². The molecule has 1 aromatic rings. The number of aliphatic hydroxyl groups is 1. The largest absolute Gasteiger partial charge is 0.394 e. The number of aliphatic hydroxyl groups excluding tert-OH is 1. The van der Waals surface area contributed by atoms with Gasteiger partial charge in [0.15, 0.2) is 0 Å². The standard InChI is InChI=1S/C14H24N4O2/c1-14(2,3)6-11(9-19)15-13(20)8-18-7-12(16-17-18)10-4-5-10/h7,10-11,19H,4-6,8-9H2,1-3H3,(H,15,20). The van der Waals surface area contributed by atoms with Gasteiger partial charge in [-0.2, -0.15) is 0 Å². The van der Waals surface area contributed by atoms with Crippen molar-refractivity contribution in [1.29, 1.82) is 0 Å². The molecule has 1 atom stereocenters. The summed E-state index contributed by atoms with van der Waals surface area (Å²) in [6.07, 6.45) is 4.92. The molecule has 6 heteroatoms. The molecule has 1 aliphatic carbocycles. The van der Waals surface area contributed by atoms with Crippen molar-refractivity contribution in [2.45, 2.75) is 58.5 Å². The van der Waals surface area contributed by atoms with E-state index in [0.717, 1.165) is 12.1 Å². The van der Waals surface area contributed by atoms with Crippen LogP contribution in [0.1, 0.15) is 51.6 Å². The summed E-state index contributed by atoms with van der Waals surface area (Å²) in [4.78, 5) is 12.0. The fourth-order valence-corrected chi connectivity index (χ4v) is 2.28. The minimum atomic E-state index is -0.214. The number of hydrogen-bond donors (Lipinski definition) is 2. The summed E-state index contributed by atoms with van der Waals surface area (Å²) >= 11 is 0. The quantitative estimate of drug-likeness (QED) is 0.817. The molecule has 0 spiro atoms. The van der Waals surface area contributed by atoms with E-state index in [9.17, 15) is 9.90 Å². The second-order valence-electron chi connectivity index (χ2n) is 6.83. The molecule has 0 aromatic carbocycles. The molecular weight excluding hydrogens is 256 g/mol. The van der Waals surface area contributed by atoms with Crippen molar-refractivity contribution in [2.24, 2.45) is 5.41 Å². The van der Waals surface area contributed by atoms with Gasteiger partial charge in [-0.05, 0) is 24.7 Å². The molecule has 112 valence electrons. The lowest BCUT2D eigenvalue weighted by Crippen LogP contribution is -2.41. The van der Waals surface area contributed by atoms with Gasteiger partial charge in [0.05, 0.1) is 18.3 Å².